The Balaban J connectivity index is 1.75. The van der Waals surface area contributed by atoms with Crippen molar-refractivity contribution in [1.29, 1.82) is 0 Å². The third kappa shape index (κ3) is 2.49. The molecule has 114 valence electrons. The molecule has 0 fully saturated rings. The normalized spacial score (nSPS) is 18.7. The van der Waals surface area contributed by atoms with Gasteiger partial charge >= 0.3 is 0 Å². The second-order valence-corrected chi connectivity index (χ2v) is 5.69. The van der Waals surface area contributed by atoms with Crippen LogP contribution in [0.5, 0.6) is 11.5 Å². The fourth-order valence-electron chi connectivity index (χ4n) is 2.64. The Kier molecular flexibility index (Phi) is 3.35. The fourth-order valence-corrected chi connectivity index (χ4v) is 2.90. The highest BCUT2D eigenvalue weighted by Gasteiger charge is 2.29. The molecule has 2 aliphatic rings. The van der Waals surface area contributed by atoms with Crippen LogP contribution in [0.1, 0.15) is 17.3 Å². The van der Waals surface area contributed by atoms with Gasteiger partial charge in [0.15, 0.2) is 0 Å². The van der Waals surface area contributed by atoms with Crippen LogP contribution in [-0.2, 0) is 0 Å². The van der Waals surface area contributed by atoms with Crippen LogP contribution in [0, 0.1) is 0 Å². The van der Waals surface area contributed by atoms with Crippen LogP contribution in [-0.4, -0.2) is 18.0 Å². The standard InChI is InChI=1S/C18H14N2O2S/c1-21-13-7-8-15-12(9-13)10-14-17(22-15)19-16(20-18(14)23)11-5-3-2-4-6-11/h2-10,16H,1H3,(H,20,23). The molecule has 0 aliphatic carbocycles. The molecule has 0 aromatic heterocycles. The van der Waals surface area contributed by atoms with Crippen molar-refractivity contribution in [2.24, 2.45) is 4.99 Å². The van der Waals surface area contributed by atoms with E-state index in [2.05, 4.69) is 10.3 Å². The van der Waals surface area contributed by atoms with Crippen LogP contribution < -0.4 is 14.8 Å². The Hall–Kier alpha value is -2.66. The van der Waals surface area contributed by atoms with Gasteiger partial charge in [-0.1, -0.05) is 42.5 Å². The molecule has 0 spiro atoms. The summed E-state index contributed by atoms with van der Waals surface area (Å²) in [6.45, 7) is 0. The van der Waals surface area contributed by atoms with Crippen LogP contribution in [0.4, 0.5) is 0 Å². The van der Waals surface area contributed by atoms with E-state index in [0.29, 0.717) is 10.9 Å². The molecular formula is C18H14N2O2S. The summed E-state index contributed by atoms with van der Waals surface area (Å²) in [5.74, 6) is 2.09. The predicted molar refractivity (Wildman–Crippen MR) is 94.0 cm³/mol. The first-order valence-corrected chi connectivity index (χ1v) is 7.67. The van der Waals surface area contributed by atoms with Crippen molar-refractivity contribution in [1.82, 2.24) is 5.32 Å². The van der Waals surface area contributed by atoms with Gasteiger partial charge < -0.3 is 14.8 Å². The first kappa shape index (κ1) is 14.0. The van der Waals surface area contributed by atoms with E-state index in [-0.39, 0.29) is 6.17 Å². The predicted octanol–water partition coefficient (Wildman–Crippen LogP) is 3.50. The van der Waals surface area contributed by atoms with E-state index < -0.39 is 0 Å². The molecule has 0 amide bonds. The molecule has 2 aliphatic heterocycles. The average Bonchev–Trinajstić information content (AvgIpc) is 2.60. The zero-order valence-electron chi connectivity index (χ0n) is 12.4. The molecule has 5 heteroatoms. The van der Waals surface area contributed by atoms with E-state index in [1.807, 2.05) is 54.6 Å². The maximum absolute atomic E-state index is 5.96. The summed E-state index contributed by atoms with van der Waals surface area (Å²) in [7, 11) is 1.64. The molecule has 0 saturated carbocycles. The molecule has 1 atom stereocenters. The van der Waals surface area contributed by atoms with Crippen LogP contribution >= 0.6 is 12.2 Å². The van der Waals surface area contributed by atoms with Crippen molar-refractivity contribution < 1.29 is 9.47 Å². The van der Waals surface area contributed by atoms with Crippen molar-refractivity contribution in [3.05, 3.63) is 65.2 Å². The Morgan fingerprint density at radius 3 is 2.78 bits per heavy atom. The van der Waals surface area contributed by atoms with Gasteiger partial charge in [0.2, 0.25) is 5.90 Å². The number of hydrogen-bond donors (Lipinski definition) is 1. The number of methoxy groups -OCH3 is 1. The summed E-state index contributed by atoms with van der Waals surface area (Å²) in [5.41, 5.74) is 2.78. The molecule has 4 nitrogen and oxygen atoms in total. The Morgan fingerprint density at radius 2 is 2.00 bits per heavy atom. The Bertz CT molecular complexity index is 843. The summed E-state index contributed by atoms with van der Waals surface area (Å²) in [5, 5.41) is 3.26. The molecule has 2 aromatic rings. The quantitative estimate of drug-likeness (QED) is 0.860. The third-order valence-corrected chi connectivity index (χ3v) is 4.17. The summed E-state index contributed by atoms with van der Waals surface area (Å²) < 4.78 is 11.2. The lowest BCUT2D eigenvalue weighted by Gasteiger charge is -2.28. The zero-order chi connectivity index (χ0) is 15.8. The van der Waals surface area contributed by atoms with Gasteiger partial charge in [-0.3, -0.25) is 0 Å². The van der Waals surface area contributed by atoms with Gasteiger partial charge in [0.25, 0.3) is 0 Å². The highest BCUT2D eigenvalue weighted by molar-refractivity contribution is 7.80. The van der Waals surface area contributed by atoms with Crippen molar-refractivity contribution in [3.63, 3.8) is 0 Å². The number of nitrogens with zero attached hydrogens (tertiary/aromatic N) is 1. The van der Waals surface area contributed by atoms with E-state index in [1.165, 1.54) is 0 Å². The molecular weight excluding hydrogens is 308 g/mol. The molecule has 23 heavy (non-hydrogen) atoms. The topological polar surface area (TPSA) is 42.8 Å². The number of nitrogens with one attached hydrogen (secondary N) is 1. The van der Waals surface area contributed by atoms with Crippen molar-refractivity contribution in [2.75, 3.05) is 7.11 Å². The lowest BCUT2D eigenvalue weighted by molar-refractivity contribution is 0.413. The summed E-state index contributed by atoms with van der Waals surface area (Å²) in [4.78, 5) is 5.30. The smallest absolute Gasteiger partial charge is 0.227 e. The minimum absolute atomic E-state index is 0.226. The average molecular weight is 322 g/mol. The van der Waals surface area contributed by atoms with E-state index in [9.17, 15) is 0 Å². The van der Waals surface area contributed by atoms with Crippen LogP contribution in [0.2, 0.25) is 0 Å². The second kappa shape index (κ2) is 5.52. The minimum atomic E-state index is -0.226. The number of ether oxygens (including phenoxy) is 2. The van der Waals surface area contributed by atoms with Gasteiger partial charge in [-0.2, -0.15) is 0 Å². The van der Waals surface area contributed by atoms with Crippen LogP contribution in [0.25, 0.3) is 6.08 Å². The summed E-state index contributed by atoms with van der Waals surface area (Å²) in [6, 6.07) is 15.6. The van der Waals surface area contributed by atoms with E-state index in [0.717, 1.165) is 28.2 Å². The fraction of sp³-hybridized carbons (Fsp3) is 0.111. The molecule has 0 saturated heterocycles. The van der Waals surface area contributed by atoms with Crippen LogP contribution in [0.3, 0.4) is 0 Å². The first-order chi connectivity index (χ1) is 11.2. The molecule has 0 radical (unpaired) electrons. The number of benzene rings is 2. The zero-order valence-corrected chi connectivity index (χ0v) is 13.3. The lowest BCUT2D eigenvalue weighted by Crippen LogP contribution is -2.38. The molecule has 1 N–H and O–H groups in total. The number of rotatable bonds is 2. The van der Waals surface area contributed by atoms with E-state index in [1.54, 1.807) is 7.11 Å². The molecule has 2 aromatic carbocycles. The van der Waals surface area contributed by atoms with Crippen molar-refractivity contribution in [3.8, 4) is 11.5 Å². The summed E-state index contributed by atoms with van der Waals surface area (Å²) in [6.07, 6.45) is 1.76. The van der Waals surface area contributed by atoms with Gasteiger partial charge in [-0.15, -0.1) is 0 Å². The summed E-state index contributed by atoms with van der Waals surface area (Å²) >= 11 is 5.50. The van der Waals surface area contributed by atoms with E-state index >= 15 is 0 Å². The van der Waals surface area contributed by atoms with Gasteiger partial charge in [0.05, 0.1) is 12.7 Å². The Morgan fingerprint density at radius 1 is 1.17 bits per heavy atom. The lowest BCUT2D eigenvalue weighted by atomic mass is 10.0. The van der Waals surface area contributed by atoms with Crippen molar-refractivity contribution >= 4 is 29.2 Å². The van der Waals surface area contributed by atoms with Gasteiger partial charge in [0.1, 0.15) is 22.7 Å². The number of thiocarbonyl (C=S) groups is 1. The maximum Gasteiger partial charge on any atom is 0.227 e. The maximum atomic E-state index is 5.96. The molecule has 0 bridgehead atoms. The molecule has 4 rings (SSSR count). The van der Waals surface area contributed by atoms with Gasteiger partial charge in [-0.05, 0) is 29.8 Å². The number of fused-ring (bicyclic) bond motifs is 2. The SMILES string of the molecule is COc1ccc2c(c1)C=C1C(=S)NC(c3ccccc3)N=C1O2. The molecule has 2 heterocycles. The largest absolute Gasteiger partial charge is 0.497 e. The number of hydrogen-bond acceptors (Lipinski definition) is 4. The highest BCUT2D eigenvalue weighted by Crippen LogP contribution is 2.33. The highest BCUT2D eigenvalue weighted by atomic mass is 32.1. The molecule has 1 unspecified atom stereocenters. The Labute approximate surface area is 139 Å². The second-order valence-electron chi connectivity index (χ2n) is 5.28. The van der Waals surface area contributed by atoms with Crippen molar-refractivity contribution in [2.45, 2.75) is 6.17 Å². The third-order valence-electron chi connectivity index (χ3n) is 3.83. The number of aliphatic imine (C=N–C) groups is 1. The van der Waals surface area contributed by atoms with Gasteiger partial charge in [-0.25, -0.2) is 4.99 Å². The minimum Gasteiger partial charge on any atom is -0.497 e. The van der Waals surface area contributed by atoms with E-state index in [4.69, 9.17) is 21.7 Å². The first-order valence-electron chi connectivity index (χ1n) is 7.26. The van der Waals surface area contributed by atoms with Crippen LogP contribution in [0.15, 0.2) is 59.1 Å². The monoisotopic (exact) mass is 322 g/mol. The van der Waals surface area contributed by atoms with Gasteiger partial charge in [0, 0.05) is 5.56 Å².